The van der Waals surface area contributed by atoms with E-state index >= 15 is 0 Å². The number of nitrogens with two attached hydrogens (primary N) is 1. The van der Waals surface area contributed by atoms with E-state index in [1.807, 2.05) is 0 Å². The van der Waals surface area contributed by atoms with Crippen LogP contribution in [0.1, 0.15) is 32.1 Å². The highest BCUT2D eigenvalue weighted by Gasteiger charge is 2.53. The second kappa shape index (κ2) is 5.92. The number of fused-ring (bicyclic) bond motifs is 3. The van der Waals surface area contributed by atoms with Gasteiger partial charge in [0.1, 0.15) is 11.6 Å². The summed E-state index contributed by atoms with van der Waals surface area (Å²) in [6, 6.07) is 4.00. The van der Waals surface area contributed by atoms with Gasteiger partial charge < -0.3 is 20.9 Å². The first kappa shape index (κ1) is 16.5. The molecule has 4 rings (SSSR count). The molecule has 1 atom stereocenters. The first-order valence-corrected chi connectivity index (χ1v) is 8.06. The van der Waals surface area contributed by atoms with Crippen LogP contribution < -0.4 is 15.8 Å². The van der Waals surface area contributed by atoms with Gasteiger partial charge in [-0.2, -0.15) is 0 Å². The largest absolute Gasteiger partial charge is 0.484 e. The normalized spacial score (nSPS) is 32.6. The standard InChI is InChI=1S/C16H20ClFN2O3/c17-11-2-1-10(7-12(11)18)23-9-14(22)20-16-5-3-15(19,4-6-16)8-13(16)21/h1-2,7,13,21H,3-6,8-9,19H2,(H,20,22)/t13-,15?,16?/m0/s1. The van der Waals surface area contributed by atoms with Crippen LogP contribution in [0.25, 0.3) is 0 Å². The number of benzene rings is 1. The van der Waals surface area contributed by atoms with Crippen molar-refractivity contribution in [3.8, 4) is 5.75 Å². The molecule has 0 unspecified atom stereocenters. The summed E-state index contributed by atoms with van der Waals surface area (Å²) >= 11 is 5.59. The van der Waals surface area contributed by atoms with E-state index in [2.05, 4.69) is 5.32 Å². The maximum absolute atomic E-state index is 13.3. The molecule has 1 amide bonds. The van der Waals surface area contributed by atoms with E-state index in [0.717, 1.165) is 18.9 Å². The third kappa shape index (κ3) is 3.29. The third-order valence-electron chi connectivity index (χ3n) is 5.03. The number of aliphatic hydroxyl groups is 1. The molecule has 0 radical (unpaired) electrons. The molecule has 4 N–H and O–H groups in total. The molecule has 126 valence electrons. The molecule has 3 aliphatic carbocycles. The Morgan fingerprint density at radius 2 is 2.13 bits per heavy atom. The Morgan fingerprint density at radius 1 is 1.43 bits per heavy atom. The third-order valence-corrected chi connectivity index (χ3v) is 5.33. The molecule has 3 fully saturated rings. The van der Waals surface area contributed by atoms with E-state index in [-0.39, 0.29) is 28.8 Å². The molecule has 0 aliphatic heterocycles. The van der Waals surface area contributed by atoms with E-state index in [0.29, 0.717) is 19.3 Å². The van der Waals surface area contributed by atoms with Crippen molar-refractivity contribution in [2.24, 2.45) is 5.73 Å². The number of nitrogens with one attached hydrogen (secondary N) is 1. The summed E-state index contributed by atoms with van der Waals surface area (Å²) in [5.41, 5.74) is 5.27. The van der Waals surface area contributed by atoms with Gasteiger partial charge in [0.15, 0.2) is 6.61 Å². The van der Waals surface area contributed by atoms with Crippen molar-refractivity contribution in [3.63, 3.8) is 0 Å². The van der Waals surface area contributed by atoms with Crippen molar-refractivity contribution >= 4 is 17.5 Å². The van der Waals surface area contributed by atoms with Crippen LogP contribution in [0.4, 0.5) is 4.39 Å². The first-order valence-electron chi connectivity index (χ1n) is 7.68. The van der Waals surface area contributed by atoms with Crippen LogP contribution in [-0.2, 0) is 4.79 Å². The van der Waals surface area contributed by atoms with E-state index in [4.69, 9.17) is 22.1 Å². The zero-order chi connectivity index (χ0) is 16.7. The Bertz CT molecular complexity index is 617. The van der Waals surface area contributed by atoms with Crippen molar-refractivity contribution in [2.45, 2.75) is 49.3 Å². The number of ether oxygens (including phenoxy) is 1. The average Bonchev–Trinajstić information content (AvgIpc) is 2.50. The van der Waals surface area contributed by atoms with Crippen LogP contribution in [0.2, 0.25) is 5.02 Å². The molecule has 0 saturated heterocycles. The minimum absolute atomic E-state index is 0.00140. The summed E-state index contributed by atoms with van der Waals surface area (Å²) in [5, 5.41) is 13.2. The quantitative estimate of drug-likeness (QED) is 0.778. The summed E-state index contributed by atoms with van der Waals surface area (Å²) < 4.78 is 18.6. The minimum Gasteiger partial charge on any atom is -0.484 e. The Labute approximate surface area is 138 Å². The number of hydrogen-bond donors (Lipinski definition) is 3. The van der Waals surface area contributed by atoms with E-state index < -0.39 is 17.5 Å². The van der Waals surface area contributed by atoms with Crippen molar-refractivity contribution < 1.29 is 19.0 Å². The van der Waals surface area contributed by atoms with Crippen molar-refractivity contribution in [2.75, 3.05) is 6.61 Å². The number of carbonyl (C=O) groups is 1. The summed E-state index contributed by atoms with van der Waals surface area (Å²) in [4.78, 5) is 12.1. The van der Waals surface area contributed by atoms with Gasteiger partial charge in [-0.05, 0) is 44.2 Å². The number of halogens is 2. The molecule has 3 aliphatic rings. The molecular formula is C16H20ClFN2O3. The van der Waals surface area contributed by atoms with Gasteiger partial charge in [0, 0.05) is 11.6 Å². The zero-order valence-electron chi connectivity index (χ0n) is 12.6. The molecule has 23 heavy (non-hydrogen) atoms. The Balaban J connectivity index is 1.58. The molecule has 5 nitrogen and oxygen atoms in total. The monoisotopic (exact) mass is 342 g/mol. The zero-order valence-corrected chi connectivity index (χ0v) is 13.4. The molecule has 1 aromatic carbocycles. The van der Waals surface area contributed by atoms with Gasteiger partial charge in [0.25, 0.3) is 5.91 Å². The maximum atomic E-state index is 13.3. The molecule has 7 heteroatoms. The predicted octanol–water partition coefficient (Wildman–Crippen LogP) is 1.75. The minimum atomic E-state index is -0.646. The fourth-order valence-corrected chi connectivity index (χ4v) is 3.67. The van der Waals surface area contributed by atoms with Gasteiger partial charge in [-0.15, -0.1) is 0 Å². The summed E-state index contributed by atoms with van der Waals surface area (Å²) in [7, 11) is 0. The lowest BCUT2D eigenvalue weighted by atomic mass is 9.60. The molecule has 0 spiro atoms. The van der Waals surface area contributed by atoms with Crippen molar-refractivity contribution in [3.05, 3.63) is 29.0 Å². The molecule has 3 saturated carbocycles. The van der Waals surface area contributed by atoms with Crippen LogP contribution in [0.5, 0.6) is 5.75 Å². The van der Waals surface area contributed by atoms with Gasteiger partial charge >= 0.3 is 0 Å². The van der Waals surface area contributed by atoms with E-state index in [9.17, 15) is 14.3 Å². The SMILES string of the molecule is NC12CCC(NC(=O)COc3ccc(Cl)c(F)c3)(CC1)[C@@H](O)C2. The van der Waals surface area contributed by atoms with Gasteiger partial charge in [-0.25, -0.2) is 4.39 Å². The smallest absolute Gasteiger partial charge is 0.258 e. The number of rotatable bonds is 4. The highest BCUT2D eigenvalue weighted by atomic mass is 35.5. The maximum Gasteiger partial charge on any atom is 0.258 e. The van der Waals surface area contributed by atoms with Crippen molar-refractivity contribution in [1.82, 2.24) is 5.32 Å². The summed E-state index contributed by atoms with van der Waals surface area (Å²) in [6.07, 6.45) is 2.74. The lowest BCUT2D eigenvalue weighted by Crippen LogP contribution is -2.69. The second-order valence-electron chi connectivity index (χ2n) is 6.65. The molecular weight excluding hydrogens is 323 g/mol. The van der Waals surface area contributed by atoms with Gasteiger partial charge in [0.05, 0.1) is 16.7 Å². The lowest BCUT2D eigenvalue weighted by Gasteiger charge is -2.54. The van der Waals surface area contributed by atoms with Crippen LogP contribution in [0.3, 0.4) is 0 Å². The first-order chi connectivity index (χ1) is 10.8. The van der Waals surface area contributed by atoms with Crippen LogP contribution in [0, 0.1) is 5.82 Å². The fourth-order valence-electron chi connectivity index (χ4n) is 3.55. The fraction of sp³-hybridized carbons (Fsp3) is 0.562. The van der Waals surface area contributed by atoms with E-state index in [1.165, 1.54) is 12.1 Å². The van der Waals surface area contributed by atoms with Crippen LogP contribution >= 0.6 is 11.6 Å². The number of carbonyl (C=O) groups excluding carboxylic acids is 1. The average molecular weight is 343 g/mol. The van der Waals surface area contributed by atoms with Crippen LogP contribution in [-0.4, -0.2) is 34.8 Å². The van der Waals surface area contributed by atoms with Gasteiger partial charge in [0.2, 0.25) is 0 Å². The summed E-state index contributed by atoms with van der Waals surface area (Å²) in [5.74, 6) is -0.711. The number of aliphatic hydroxyl groups excluding tert-OH is 1. The van der Waals surface area contributed by atoms with Gasteiger partial charge in [-0.3, -0.25) is 4.79 Å². The van der Waals surface area contributed by atoms with Crippen molar-refractivity contribution in [1.29, 1.82) is 0 Å². The van der Waals surface area contributed by atoms with Gasteiger partial charge in [-0.1, -0.05) is 11.6 Å². The summed E-state index contributed by atoms with van der Waals surface area (Å²) in [6.45, 7) is -0.247. The highest BCUT2D eigenvalue weighted by Crippen LogP contribution is 2.45. The lowest BCUT2D eigenvalue weighted by molar-refractivity contribution is -0.131. The molecule has 2 bridgehead atoms. The Hall–Kier alpha value is -1.37. The Kier molecular flexibility index (Phi) is 4.25. The number of amides is 1. The molecule has 0 heterocycles. The number of hydrogen-bond acceptors (Lipinski definition) is 4. The Morgan fingerprint density at radius 3 is 2.74 bits per heavy atom. The van der Waals surface area contributed by atoms with Crippen LogP contribution in [0.15, 0.2) is 18.2 Å². The second-order valence-corrected chi connectivity index (χ2v) is 7.06. The molecule has 0 aromatic heterocycles. The molecule has 1 aromatic rings. The van der Waals surface area contributed by atoms with E-state index in [1.54, 1.807) is 0 Å². The predicted molar refractivity (Wildman–Crippen MR) is 83.8 cm³/mol. The topological polar surface area (TPSA) is 84.6 Å². The highest BCUT2D eigenvalue weighted by molar-refractivity contribution is 6.30.